The van der Waals surface area contributed by atoms with E-state index in [1.54, 1.807) is 0 Å². The largest absolute Gasteiger partial charge is 0.369 e. The van der Waals surface area contributed by atoms with Crippen LogP contribution in [0, 0.1) is 0 Å². The smallest absolute Gasteiger partial charge is 0.220 e. The summed E-state index contributed by atoms with van der Waals surface area (Å²) in [6.07, 6.45) is 1.63. The van der Waals surface area contributed by atoms with Gasteiger partial charge in [-0.3, -0.25) is 4.90 Å². The first-order chi connectivity index (χ1) is 9.61. The van der Waals surface area contributed by atoms with Crippen LogP contribution in [0.3, 0.4) is 0 Å². The van der Waals surface area contributed by atoms with Crippen molar-refractivity contribution < 1.29 is 0 Å². The summed E-state index contributed by atoms with van der Waals surface area (Å²) in [4.78, 5) is 10.6. The second-order valence-corrected chi connectivity index (χ2v) is 5.42. The number of benzene rings is 1. The minimum absolute atomic E-state index is 0.239. The zero-order valence-electron chi connectivity index (χ0n) is 11.0. The van der Waals surface area contributed by atoms with Crippen LogP contribution in [0.25, 0.3) is 0 Å². The lowest BCUT2D eigenvalue weighted by Gasteiger charge is -2.45. The third kappa shape index (κ3) is 2.21. The van der Waals surface area contributed by atoms with E-state index in [1.807, 2.05) is 29.2 Å². The molecule has 0 bridgehead atoms. The molecule has 0 amide bonds. The normalized spacial score (nSPS) is 21.6. The first-order valence-corrected chi connectivity index (χ1v) is 6.95. The molecule has 0 unspecified atom stereocenters. The lowest BCUT2D eigenvalue weighted by atomic mass is 9.95. The van der Waals surface area contributed by atoms with Gasteiger partial charge in [0.1, 0.15) is 5.66 Å². The number of hydrogen-bond acceptors (Lipinski definition) is 6. The van der Waals surface area contributed by atoms with E-state index in [2.05, 4.69) is 15.3 Å². The lowest BCUT2D eigenvalue weighted by Crippen LogP contribution is -2.61. The molecule has 2 aliphatic rings. The van der Waals surface area contributed by atoms with Gasteiger partial charge >= 0.3 is 0 Å². The Morgan fingerprint density at radius 2 is 2.00 bits per heavy atom. The number of piperidine rings is 1. The first-order valence-electron chi connectivity index (χ1n) is 6.57. The molecule has 1 spiro atoms. The van der Waals surface area contributed by atoms with E-state index in [0.29, 0.717) is 11.0 Å². The van der Waals surface area contributed by atoms with Gasteiger partial charge in [0.15, 0.2) is 0 Å². The number of nitrogens with one attached hydrogen (secondary N) is 1. The zero-order valence-corrected chi connectivity index (χ0v) is 11.8. The van der Waals surface area contributed by atoms with Gasteiger partial charge in [-0.05, 0) is 31.3 Å². The second-order valence-electron chi connectivity index (χ2n) is 4.99. The molecule has 2 heterocycles. The molecule has 3 rings (SSSR count). The summed E-state index contributed by atoms with van der Waals surface area (Å²) >= 11 is 6.09. The molecule has 106 valence electrons. The molecule has 5 N–H and O–H groups in total. The molecule has 7 heteroatoms. The molecule has 0 atom stereocenters. The quantitative estimate of drug-likeness (QED) is 0.716. The molecule has 0 saturated carbocycles. The fraction of sp³-hybridized carbons (Fsp3) is 0.385. The number of guanidine groups is 2. The van der Waals surface area contributed by atoms with Gasteiger partial charge in [-0.15, -0.1) is 0 Å². The topological polar surface area (TPSA) is 92.0 Å². The average molecular weight is 293 g/mol. The van der Waals surface area contributed by atoms with Crippen molar-refractivity contribution in [2.75, 3.05) is 18.0 Å². The van der Waals surface area contributed by atoms with Gasteiger partial charge in [-0.25, -0.2) is 4.99 Å². The Bertz CT molecular complexity index is 576. The van der Waals surface area contributed by atoms with E-state index >= 15 is 0 Å². The Labute approximate surface area is 122 Å². The van der Waals surface area contributed by atoms with Crippen LogP contribution in [0.2, 0.25) is 5.02 Å². The number of halogens is 1. The number of anilines is 1. The van der Waals surface area contributed by atoms with Crippen LogP contribution >= 0.6 is 11.6 Å². The van der Waals surface area contributed by atoms with Gasteiger partial charge in [0.05, 0.1) is 0 Å². The Hall–Kier alpha value is -1.79. The van der Waals surface area contributed by atoms with Crippen LogP contribution < -0.4 is 21.7 Å². The van der Waals surface area contributed by atoms with E-state index < -0.39 is 5.66 Å². The summed E-state index contributed by atoms with van der Waals surface area (Å²) in [5.74, 6) is 0.601. The number of hydrogen-bond donors (Lipinski definition) is 3. The number of nitrogens with zero attached hydrogens (tertiary/aromatic N) is 3. The Morgan fingerprint density at radius 1 is 1.25 bits per heavy atom. The maximum atomic E-state index is 6.11. The second kappa shape index (κ2) is 4.96. The van der Waals surface area contributed by atoms with E-state index in [-0.39, 0.29) is 5.96 Å². The molecule has 1 fully saturated rings. The van der Waals surface area contributed by atoms with Gasteiger partial charge in [0, 0.05) is 23.6 Å². The highest BCUT2D eigenvalue weighted by atomic mass is 35.5. The van der Waals surface area contributed by atoms with Crippen molar-refractivity contribution in [3.8, 4) is 0 Å². The molecule has 20 heavy (non-hydrogen) atoms. The first kappa shape index (κ1) is 13.2. The number of rotatable bonds is 1. The maximum absolute atomic E-state index is 6.11. The van der Waals surface area contributed by atoms with Gasteiger partial charge in [-0.1, -0.05) is 17.7 Å². The molecular formula is C13H17ClN6. The summed E-state index contributed by atoms with van der Waals surface area (Å²) in [5, 5.41) is 3.98. The lowest BCUT2D eigenvalue weighted by molar-refractivity contribution is 0.320. The Balaban J connectivity index is 2.08. The monoisotopic (exact) mass is 292 g/mol. The highest BCUT2D eigenvalue weighted by Gasteiger charge is 2.42. The zero-order chi connectivity index (χ0) is 14.2. The SMILES string of the molecule is NC1=NC2(CCNCC2)N(c2cccc(Cl)c2)C(N)=N1. The van der Waals surface area contributed by atoms with Crippen LogP contribution in [-0.2, 0) is 0 Å². The van der Waals surface area contributed by atoms with Crippen molar-refractivity contribution in [1.29, 1.82) is 0 Å². The van der Waals surface area contributed by atoms with Gasteiger partial charge in [-0.2, -0.15) is 4.99 Å². The van der Waals surface area contributed by atoms with Crippen LogP contribution in [0.15, 0.2) is 34.3 Å². The fourth-order valence-corrected chi connectivity index (χ4v) is 3.00. The van der Waals surface area contributed by atoms with Crippen molar-refractivity contribution in [2.45, 2.75) is 18.5 Å². The van der Waals surface area contributed by atoms with Gasteiger partial charge in [0.2, 0.25) is 11.9 Å². The fourth-order valence-electron chi connectivity index (χ4n) is 2.82. The van der Waals surface area contributed by atoms with Crippen LogP contribution in [0.1, 0.15) is 12.8 Å². The molecule has 2 aliphatic heterocycles. The van der Waals surface area contributed by atoms with E-state index in [1.165, 1.54) is 0 Å². The molecule has 0 aromatic heterocycles. The average Bonchev–Trinajstić information content (AvgIpc) is 2.38. The van der Waals surface area contributed by atoms with E-state index in [4.69, 9.17) is 23.1 Å². The van der Waals surface area contributed by atoms with Crippen LogP contribution in [0.4, 0.5) is 5.69 Å². The highest BCUT2D eigenvalue weighted by molar-refractivity contribution is 6.31. The number of nitrogens with two attached hydrogens (primary N) is 2. The third-order valence-corrected chi connectivity index (χ3v) is 3.90. The summed E-state index contributed by atoms with van der Waals surface area (Å²) in [6, 6.07) is 7.54. The molecule has 1 saturated heterocycles. The summed E-state index contributed by atoms with van der Waals surface area (Å²) in [7, 11) is 0. The van der Waals surface area contributed by atoms with Gasteiger partial charge < -0.3 is 16.8 Å². The predicted octanol–water partition coefficient (Wildman–Crippen LogP) is 0.869. The Morgan fingerprint density at radius 3 is 2.70 bits per heavy atom. The van der Waals surface area contributed by atoms with Crippen molar-refractivity contribution in [1.82, 2.24) is 5.32 Å². The molecule has 0 aliphatic carbocycles. The Kier molecular flexibility index (Phi) is 3.27. The van der Waals surface area contributed by atoms with Crippen LogP contribution in [0.5, 0.6) is 0 Å². The van der Waals surface area contributed by atoms with Crippen LogP contribution in [-0.4, -0.2) is 30.7 Å². The highest BCUT2D eigenvalue weighted by Crippen LogP contribution is 2.35. The predicted molar refractivity (Wildman–Crippen MR) is 82.0 cm³/mol. The minimum atomic E-state index is -0.466. The molecule has 1 aromatic carbocycles. The molecule has 0 radical (unpaired) electrons. The molecular weight excluding hydrogens is 276 g/mol. The third-order valence-electron chi connectivity index (χ3n) is 3.67. The van der Waals surface area contributed by atoms with Crippen molar-refractivity contribution in [3.05, 3.63) is 29.3 Å². The summed E-state index contributed by atoms with van der Waals surface area (Å²) in [6.45, 7) is 1.72. The maximum Gasteiger partial charge on any atom is 0.220 e. The van der Waals surface area contributed by atoms with E-state index in [0.717, 1.165) is 31.6 Å². The molecule has 6 nitrogen and oxygen atoms in total. The minimum Gasteiger partial charge on any atom is -0.369 e. The van der Waals surface area contributed by atoms with Gasteiger partial charge in [0.25, 0.3) is 0 Å². The van der Waals surface area contributed by atoms with E-state index in [9.17, 15) is 0 Å². The summed E-state index contributed by atoms with van der Waals surface area (Å²) in [5.41, 5.74) is 12.3. The van der Waals surface area contributed by atoms with Crippen molar-refractivity contribution in [3.63, 3.8) is 0 Å². The van der Waals surface area contributed by atoms with Crippen molar-refractivity contribution in [2.24, 2.45) is 21.5 Å². The van der Waals surface area contributed by atoms with Crippen molar-refractivity contribution >= 4 is 29.2 Å². The number of aliphatic imine (C=N–C) groups is 2. The molecule has 1 aromatic rings. The standard InChI is InChI=1S/C13H17ClN6/c14-9-2-1-3-10(8-9)20-12(16)18-11(15)19-13(20)4-6-17-7-5-13/h1-3,8,17H,4-7H2,(H4,15,16,18,19). The summed E-state index contributed by atoms with van der Waals surface area (Å²) < 4.78 is 0.